The predicted molar refractivity (Wildman–Crippen MR) is 34.4 cm³/mol. The Balaban J connectivity index is 0.000000223. The summed E-state index contributed by atoms with van der Waals surface area (Å²) in [7, 11) is 0. The number of rotatable bonds is 0. The Kier molecular flexibility index (Phi) is 3.31. The fourth-order valence-corrected chi connectivity index (χ4v) is 0.645. The molecule has 0 unspecified atom stereocenters. The molecule has 1 rings (SSSR count). The molecule has 0 aliphatic heterocycles. The quantitative estimate of drug-likeness (QED) is 0.460. The van der Waals surface area contributed by atoms with Crippen molar-refractivity contribution in [3.8, 4) is 0 Å². The van der Waals surface area contributed by atoms with Crippen LogP contribution in [0, 0.1) is 0 Å². The van der Waals surface area contributed by atoms with E-state index in [9.17, 15) is 16.9 Å². The van der Waals surface area contributed by atoms with Gasteiger partial charge in [-0.2, -0.15) is 0 Å². The van der Waals surface area contributed by atoms with Gasteiger partial charge in [0.15, 0.2) is 0 Å². The van der Waals surface area contributed by atoms with Crippen molar-refractivity contribution in [2.45, 2.75) is 4.82 Å². The van der Waals surface area contributed by atoms with E-state index in [1.165, 1.54) is 0 Å². The molecule has 0 heterocycles. The Morgan fingerprint density at radius 1 is 0.846 bits per heavy atom. The second-order valence-electron chi connectivity index (χ2n) is 2.16. The van der Waals surface area contributed by atoms with Crippen molar-refractivity contribution < 1.29 is 32.9 Å². The first-order valence-electron chi connectivity index (χ1n) is 2.88. The molecular weight excluding hydrogens is 352 g/mol. The zero-order valence-corrected chi connectivity index (χ0v) is 9.61. The summed E-state index contributed by atoms with van der Waals surface area (Å²) in [6, 6.07) is 0. The van der Waals surface area contributed by atoms with Crippen LogP contribution in [0.15, 0.2) is 24.3 Å². The van der Waals surface area contributed by atoms with E-state index in [0.29, 0.717) is 4.82 Å². The fraction of sp³-hybridized carbons (Fsp3) is 0.200. The van der Waals surface area contributed by atoms with Gasteiger partial charge in [-0.1, -0.05) is 0 Å². The van der Waals surface area contributed by atoms with Crippen LogP contribution in [0.2, 0.25) is 4.82 Å². The van der Waals surface area contributed by atoms with Crippen LogP contribution in [0.3, 0.4) is 0 Å². The maximum atomic E-state index is 9.93. The zero-order valence-electron chi connectivity index (χ0n) is 5.96. The molecule has 0 atom stereocenters. The van der Waals surface area contributed by atoms with Gasteiger partial charge >= 0.3 is 81.5 Å². The summed E-state index contributed by atoms with van der Waals surface area (Å²) in [5.41, 5.74) is 0. The molecule has 8 heteroatoms. The van der Waals surface area contributed by atoms with Gasteiger partial charge in [0.25, 0.3) is 0 Å². The molecule has 13 heavy (non-hydrogen) atoms. The van der Waals surface area contributed by atoms with E-state index in [4.69, 9.17) is 0 Å². The van der Waals surface area contributed by atoms with Gasteiger partial charge in [-0.15, -0.1) is 0 Å². The summed E-state index contributed by atoms with van der Waals surface area (Å²) >= 11 is -7.49. The molecule has 0 nitrogen and oxygen atoms in total. The SMILES string of the molecule is [F][Sb-]([F])([F])([F])([F])[F].[Fe+][CH]1C=CC=C1. The van der Waals surface area contributed by atoms with Crippen LogP contribution in [-0.4, -0.2) is 19.5 Å². The van der Waals surface area contributed by atoms with Crippen molar-refractivity contribution in [2.24, 2.45) is 0 Å². The topological polar surface area (TPSA) is 0 Å². The van der Waals surface area contributed by atoms with Gasteiger partial charge in [-0.25, -0.2) is 0 Å². The third-order valence-corrected chi connectivity index (χ3v) is 1.12. The normalized spacial score (nSPS) is 21.8. The first kappa shape index (κ1) is 13.4. The Bertz CT molecular complexity index is 212. The van der Waals surface area contributed by atoms with E-state index < -0.39 is 19.5 Å². The van der Waals surface area contributed by atoms with Crippen molar-refractivity contribution in [2.75, 3.05) is 0 Å². The third kappa shape index (κ3) is 24.5. The summed E-state index contributed by atoms with van der Waals surface area (Å²) in [4.78, 5) is 0.435. The molecule has 80 valence electrons. The average Bonchev–Trinajstić information content (AvgIpc) is 2.07. The number of allylic oxidation sites excluding steroid dienone is 4. The van der Waals surface area contributed by atoms with E-state index in [1.54, 1.807) is 0 Å². The van der Waals surface area contributed by atoms with Crippen molar-refractivity contribution in [1.82, 2.24) is 0 Å². The summed E-state index contributed by atoms with van der Waals surface area (Å²) in [5, 5.41) is 0. The van der Waals surface area contributed by atoms with Crippen LogP contribution in [-0.2, 0) is 16.0 Å². The Morgan fingerprint density at radius 3 is 1.15 bits per heavy atom. The Hall–Kier alpha value is 0.398. The fourth-order valence-electron chi connectivity index (χ4n) is 0.399. The minimum absolute atomic E-state index is 0.435. The molecule has 0 aromatic rings. The van der Waals surface area contributed by atoms with Crippen molar-refractivity contribution in [3.05, 3.63) is 24.3 Å². The van der Waals surface area contributed by atoms with Gasteiger partial charge in [0, 0.05) is 0 Å². The first-order valence-corrected chi connectivity index (χ1v) is 9.31. The van der Waals surface area contributed by atoms with Gasteiger partial charge in [0.05, 0.1) is 0 Å². The van der Waals surface area contributed by atoms with Crippen molar-refractivity contribution in [1.29, 1.82) is 0 Å². The molecule has 0 saturated carbocycles. The van der Waals surface area contributed by atoms with Gasteiger partial charge in [-0.3, -0.25) is 0 Å². The second-order valence-corrected chi connectivity index (χ2v) is 8.36. The van der Waals surface area contributed by atoms with Gasteiger partial charge in [-0.05, 0) is 0 Å². The number of hydrogen-bond acceptors (Lipinski definition) is 0. The molecule has 1 aliphatic rings. The van der Waals surface area contributed by atoms with E-state index in [2.05, 4.69) is 28.2 Å². The van der Waals surface area contributed by atoms with Gasteiger partial charge in [0.1, 0.15) is 0 Å². The van der Waals surface area contributed by atoms with Crippen LogP contribution in [0.4, 0.5) is 16.9 Å². The number of hydrogen-bond donors (Lipinski definition) is 0. The molecule has 1 aliphatic carbocycles. The van der Waals surface area contributed by atoms with E-state index >= 15 is 0 Å². The van der Waals surface area contributed by atoms with Crippen LogP contribution in [0.1, 0.15) is 0 Å². The van der Waals surface area contributed by atoms with Crippen LogP contribution < -0.4 is 0 Å². The summed E-state index contributed by atoms with van der Waals surface area (Å²) in [5.74, 6) is 0. The second kappa shape index (κ2) is 3.21. The van der Waals surface area contributed by atoms with Crippen molar-refractivity contribution >= 4 is 19.5 Å². The molecular formula is C5H5F6FeSb. The van der Waals surface area contributed by atoms with Gasteiger partial charge in [0.2, 0.25) is 0 Å². The van der Waals surface area contributed by atoms with Crippen molar-refractivity contribution in [3.63, 3.8) is 0 Å². The maximum absolute atomic E-state index is 11.2. The molecule has 0 spiro atoms. The molecule has 0 radical (unpaired) electrons. The molecule has 0 bridgehead atoms. The Labute approximate surface area is 81.4 Å². The average molecular weight is 357 g/mol. The third-order valence-electron chi connectivity index (χ3n) is 0.692. The Morgan fingerprint density at radius 2 is 1.08 bits per heavy atom. The first-order chi connectivity index (χ1) is 5.34. The summed E-state index contributed by atoms with van der Waals surface area (Å²) in [6.07, 6.45) is 8.13. The molecule has 0 saturated heterocycles. The van der Waals surface area contributed by atoms with Crippen LogP contribution in [0.5, 0.6) is 0 Å². The predicted octanol–water partition coefficient (Wildman–Crippen LogP) is 3.59. The van der Waals surface area contributed by atoms with Gasteiger partial charge < -0.3 is 0 Å². The number of halogens is 6. The monoisotopic (exact) mass is 356 g/mol. The van der Waals surface area contributed by atoms with E-state index in [-0.39, 0.29) is 0 Å². The van der Waals surface area contributed by atoms with E-state index in [0.717, 1.165) is 0 Å². The molecule has 0 amide bonds. The van der Waals surface area contributed by atoms with Crippen LogP contribution in [0.25, 0.3) is 0 Å². The summed E-state index contributed by atoms with van der Waals surface area (Å²) in [6.45, 7) is 0. The molecule has 0 aromatic heterocycles. The molecule has 0 aromatic carbocycles. The van der Waals surface area contributed by atoms with E-state index in [1.807, 2.05) is 12.2 Å². The standard InChI is InChI=1S/C5H5.6FH.Fe.Sb/c1-2-4-5-3-1;;;;;;;;/h1-5H;6*1H;;/q;;;;;;;+1;+5/p-6. The summed E-state index contributed by atoms with van der Waals surface area (Å²) < 4.78 is 59.6. The zero-order chi connectivity index (χ0) is 10.8. The molecule has 0 fully saturated rings. The minimum atomic E-state index is -11.2. The van der Waals surface area contributed by atoms with Crippen LogP contribution >= 0.6 is 0 Å². The molecule has 0 N–H and O–H groups in total.